The number of esters is 1. The van der Waals surface area contributed by atoms with Gasteiger partial charge in [0, 0.05) is 6.20 Å². The molecule has 1 heterocycles. The summed E-state index contributed by atoms with van der Waals surface area (Å²) < 4.78 is 4.49. The van der Waals surface area contributed by atoms with Crippen molar-refractivity contribution in [3.63, 3.8) is 0 Å². The van der Waals surface area contributed by atoms with E-state index in [1.807, 2.05) is 0 Å². The van der Waals surface area contributed by atoms with Crippen LogP contribution in [0.15, 0.2) is 18.5 Å². The van der Waals surface area contributed by atoms with Gasteiger partial charge < -0.3 is 10.5 Å². The summed E-state index contributed by atoms with van der Waals surface area (Å²) in [6.07, 6.45) is 3.30. The summed E-state index contributed by atoms with van der Waals surface area (Å²) in [4.78, 5) is 14.6. The zero-order valence-corrected chi connectivity index (χ0v) is 9.23. The van der Waals surface area contributed by atoms with Crippen LogP contribution in [-0.4, -0.2) is 18.1 Å². The Hall–Kier alpha value is -1.000. The molecule has 0 aliphatic heterocycles. The van der Waals surface area contributed by atoms with Crippen molar-refractivity contribution >= 4 is 36.5 Å². The highest BCUT2D eigenvalue weighted by Crippen LogP contribution is 2.09. The maximum Gasteiger partial charge on any atom is 0.310 e. The Morgan fingerprint density at radius 3 is 2.71 bits per heavy atom. The lowest BCUT2D eigenvalue weighted by Gasteiger charge is -2.01. The van der Waals surface area contributed by atoms with Crippen LogP contribution in [0.4, 0.5) is 5.69 Å². The number of ether oxygens (including phenoxy) is 1. The van der Waals surface area contributed by atoms with Crippen molar-refractivity contribution in [2.75, 3.05) is 12.8 Å². The normalized spacial score (nSPS) is 8.07. The lowest BCUT2D eigenvalue weighted by atomic mass is 10.2. The number of hydrogen-bond donors (Lipinski definition) is 1. The number of methoxy groups -OCH3 is 1. The van der Waals surface area contributed by atoms with E-state index in [0.29, 0.717) is 5.69 Å². The second kappa shape index (κ2) is 7.41. The van der Waals surface area contributed by atoms with E-state index in [4.69, 9.17) is 5.73 Å². The topological polar surface area (TPSA) is 65.2 Å². The standard InChI is InChI=1S/C8H10N2O2.2ClH/c1-12-8(11)4-6-2-3-10-5-7(6)9;;/h2-3,5H,4,9H2,1H3;2*1H. The molecule has 0 aliphatic rings. The molecular weight excluding hydrogens is 227 g/mol. The second-order valence-electron chi connectivity index (χ2n) is 2.33. The maximum absolute atomic E-state index is 10.8. The van der Waals surface area contributed by atoms with Crippen molar-refractivity contribution in [2.24, 2.45) is 0 Å². The van der Waals surface area contributed by atoms with E-state index >= 15 is 0 Å². The molecule has 0 spiro atoms. The molecule has 2 N–H and O–H groups in total. The van der Waals surface area contributed by atoms with E-state index < -0.39 is 0 Å². The second-order valence-corrected chi connectivity index (χ2v) is 2.33. The molecule has 0 radical (unpaired) electrons. The van der Waals surface area contributed by atoms with Crippen LogP contribution in [0.25, 0.3) is 0 Å². The summed E-state index contributed by atoms with van der Waals surface area (Å²) in [5.41, 5.74) is 6.82. The predicted octanol–water partition coefficient (Wildman–Crippen LogP) is 1.22. The van der Waals surface area contributed by atoms with Gasteiger partial charge in [0.15, 0.2) is 0 Å². The molecule has 0 fully saturated rings. The molecule has 0 saturated carbocycles. The number of nitrogens with two attached hydrogens (primary N) is 1. The summed E-state index contributed by atoms with van der Waals surface area (Å²) in [7, 11) is 1.35. The minimum atomic E-state index is -0.298. The Balaban J connectivity index is 0. The number of aromatic nitrogens is 1. The van der Waals surface area contributed by atoms with Crippen molar-refractivity contribution < 1.29 is 9.53 Å². The van der Waals surface area contributed by atoms with Gasteiger partial charge in [-0.15, -0.1) is 24.8 Å². The van der Waals surface area contributed by atoms with Gasteiger partial charge in [0.25, 0.3) is 0 Å². The molecule has 6 heteroatoms. The molecule has 0 bridgehead atoms. The van der Waals surface area contributed by atoms with Crippen LogP contribution < -0.4 is 5.73 Å². The highest BCUT2D eigenvalue weighted by molar-refractivity contribution is 5.85. The summed E-state index contributed by atoms with van der Waals surface area (Å²) in [6, 6.07) is 1.70. The van der Waals surface area contributed by atoms with Crippen LogP contribution in [-0.2, 0) is 16.0 Å². The predicted molar refractivity (Wildman–Crippen MR) is 58.9 cm³/mol. The number of anilines is 1. The number of rotatable bonds is 2. The van der Waals surface area contributed by atoms with Crippen LogP contribution in [0.3, 0.4) is 0 Å². The number of halogens is 2. The zero-order valence-electron chi connectivity index (χ0n) is 7.60. The number of nitrogens with zero attached hydrogens (tertiary/aromatic N) is 1. The van der Waals surface area contributed by atoms with Gasteiger partial charge in [0.05, 0.1) is 25.4 Å². The summed E-state index contributed by atoms with van der Waals surface area (Å²) in [5.74, 6) is -0.298. The van der Waals surface area contributed by atoms with Crippen molar-refractivity contribution in [3.8, 4) is 0 Å². The fraction of sp³-hybridized carbons (Fsp3) is 0.250. The van der Waals surface area contributed by atoms with Gasteiger partial charge in [-0.25, -0.2) is 0 Å². The van der Waals surface area contributed by atoms with Crippen LogP contribution in [0.5, 0.6) is 0 Å². The third-order valence-corrected chi connectivity index (χ3v) is 1.51. The summed E-state index contributed by atoms with van der Waals surface area (Å²) in [6.45, 7) is 0. The van der Waals surface area contributed by atoms with E-state index in [9.17, 15) is 4.79 Å². The minimum Gasteiger partial charge on any atom is -0.469 e. The molecule has 0 amide bonds. The first kappa shape index (κ1) is 15.5. The average molecular weight is 239 g/mol. The number of carbonyl (C=O) groups is 1. The van der Waals surface area contributed by atoms with E-state index in [2.05, 4.69) is 9.72 Å². The number of carbonyl (C=O) groups excluding carboxylic acids is 1. The molecule has 1 rings (SSSR count). The molecule has 80 valence electrons. The highest BCUT2D eigenvalue weighted by atomic mass is 35.5. The van der Waals surface area contributed by atoms with Crippen molar-refractivity contribution in [1.29, 1.82) is 0 Å². The summed E-state index contributed by atoms with van der Waals surface area (Å²) >= 11 is 0. The third-order valence-electron chi connectivity index (χ3n) is 1.51. The Bertz CT molecular complexity index is 294. The molecule has 0 unspecified atom stereocenters. The van der Waals surface area contributed by atoms with Crippen LogP contribution >= 0.6 is 24.8 Å². The zero-order chi connectivity index (χ0) is 8.97. The van der Waals surface area contributed by atoms with Crippen molar-refractivity contribution in [3.05, 3.63) is 24.0 Å². The maximum atomic E-state index is 10.8. The van der Waals surface area contributed by atoms with E-state index in [-0.39, 0.29) is 37.2 Å². The van der Waals surface area contributed by atoms with E-state index in [1.165, 1.54) is 13.3 Å². The van der Waals surface area contributed by atoms with Crippen LogP contribution in [0.1, 0.15) is 5.56 Å². The lowest BCUT2D eigenvalue weighted by Crippen LogP contribution is -2.06. The smallest absolute Gasteiger partial charge is 0.310 e. The van der Waals surface area contributed by atoms with Gasteiger partial charge in [-0.3, -0.25) is 9.78 Å². The first-order valence-electron chi connectivity index (χ1n) is 3.49. The molecule has 0 aliphatic carbocycles. The molecule has 0 atom stereocenters. The molecule has 0 aromatic carbocycles. The van der Waals surface area contributed by atoms with Crippen LogP contribution in [0.2, 0.25) is 0 Å². The first-order chi connectivity index (χ1) is 5.74. The fourth-order valence-corrected chi connectivity index (χ4v) is 0.824. The molecule has 1 aromatic rings. The van der Waals surface area contributed by atoms with Gasteiger partial charge in [0.1, 0.15) is 0 Å². The SMILES string of the molecule is COC(=O)Cc1ccncc1N.Cl.Cl. The molecule has 4 nitrogen and oxygen atoms in total. The van der Waals surface area contributed by atoms with Crippen molar-refractivity contribution in [1.82, 2.24) is 4.98 Å². The van der Waals surface area contributed by atoms with Crippen molar-refractivity contribution in [2.45, 2.75) is 6.42 Å². The highest BCUT2D eigenvalue weighted by Gasteiger charge is 2.04. The fourth-order valence-electron chi connectivity index (χ4n) is 0.824. The third kappa shape index (κ3) is 4.30. The number of nitrogen functional groups attached to an aromatic ring is 1. The van der Waals surface area contributed by atoms with Crippen LogP contribution in [0, 0.1) is 0 Å². The number of hydrogen-bond acceptors (Lipinski definition) is 4. The molecular formula is C8H12Cl2N2O2. The number of pyridine rings is 1. The van der Waals surface area contributed by atoms with Gasteiger partial charge in [-0.05, 0) is 11.6 Å². The van der Waals surface area contributed by atoms with Gasteiger partial charge in [-0.1, -0.05) is 0 Å². The van der Waals surface area contributed by atoms with Gasteiger partial charge in [-0.2, -0.15) is 0 Å². The Kier molecular flexibility index (Phi) is 8.19. The lowest BCUT2D eigenvalue weighted by molar-refractivity contribution is -0.139. The Morgan fingerprint density at radius 1 is 1.57 bits per heavy atom. The van der Waals surface area contributed by atoms with Gasteiger partial charge in [0.2, 0.25) is 0 Å². The molecule has 14 heavy (non-hydrogen) atoms. The quantitative estimate of drug-likeness (QED) is 0.788. The monoisotopic (exact) mass is 238 g/mol. The van der Waals surface area contributed by atoms with E-state index in [1.54, 1.807) is 12.3 Å². The largest absolute Gasteiger partial charge is 0.469 e. The molecule has 1 aromatic heterocycles. The Labute approximate surface area is 94.7 Å². The summed E-state index contributed by atoms with van der Waals surface area (Å²) in [5, 5.41) is 0. The Morgan fingerprint density at radius 2 is 2.21 bits per heavy atom. The molecule has 0 saturated heterocycles. The first-order valence-corrected chi connectivity index (χ1v) is 3.49. The van der Waals surface area contributed by atoms with Gasteiger partial charge >= 0.3 is 5.97 Å². The minimum absolute atomic E-state index is 0. The van der Waals surface area contributed by atoms with E-state index in [0.717, 1.165) is 5.56 Å². The average Bonchev–Trinajstić information content (AvgIpc) is 2.09.